The van der Waals surface area contributed by atoms with Gasteiger partial charge in [-0.15, -0.1) is 11.3 Å². The van der Waals surface area contributed by atoms with Gasteiger partial charge in [0.05, 0.1) is 5.69 Å². The molecule has 3 aromatic rings. The van der Waals surface area contributed by atoms with Gasteiger partial charge in [0.1, 0.15) is 15.6 Å². The highest BCUT2D eigenvalue weighted by Crippen LogP contribution is 2.29. The summed E-state index contributed by atoms with van der Waals surface area (Å²) in [4.78, 5) is 29.2. The van der Waals surface area contributed by atoms with Crippen LogP contribution in [0.4, 0.5) is 8.78 Å². The second-order valence-electron chi connectivity index (χ2n) is 5.26. The minimum Gasteiger partial charge on any atom is -0.435 e. The van der Waals surface area contributed by atoms with Crippen LogP contribution >= 0.6 is 22.7 Å². The number of amides is 2. The number of aromatic nitrogens is 1. The fourth-order valence-electron chi connectivity index (χ4n) is 2.17. The molecule has 0 saturated carbocycles. The zero-order valence-corrected chi connectivity index (χ0v) is 15.5. The molecule has 0 radical (unpaired) electrons. The fraction of sp³-hybridized carbons (Fsp3) is 0.118. The molecular weight excluding hydrogens is 396 g/mol. The summed E-state index contributed by atoms with van der Waals surface area (Å²) >= 11 is 2.74. The van der Waals surface area contributed by atoms with Crippen LogP contribution in [0.3, 0.4) is 0 Å². The smallest absolute Gasteiger partial charge is 0.387 e. The lowest BCUT2D eigenvalue weighted by Gasteiger charge is -2.08. The van der Waals surface area contributed by atoms with E-state index in [9.17, 15) is 18.4 Å². The standard InChI is InChI=1S/C17H13F2N3O3S2/c1-9-13(27-16(20-9)11-5-6-26-8-11)15(24)22-21-14(23)10-3-2-4-12(7-10)25-17(18)19/h2-8,17H,1H3,(H,21,23)(H,22,24). The van der Waals surface area contributed by atoms with Gasteiger partial charge in [-0.3, -0.25) is 20.4 Å². The average molecular weight is 409 g/mol. The summed E-state index contributed by atoms with van der Waals surface area (Å²) in [5, 5.41) is 4.55. The van der Waals surface area contributed by atoms with Gasteiger partial charge in [-0.1, -0.05) is 6.07 Å². The van der Waals surface area contributed by atoms with E-state index in [1.807, 2.05) is 16.8 Å². The summed E-state index contributed by atoms with van der Waals surface area (Å²) in [6.45, 7) is -1.29. The van der Waals surface area contributed by atoms with E-state index in [4.69, 9.17) is 0 Å². The summed E-state index contributed by atoms with van der Waals surface area (Å²) in [5.74, 6) is -1.33. The van der Waals surface area contributed by atoms with Crippen LogP contribution in [0.1, 0.15) is 25.7 Å². The van der Waals surface area contributed by atoms with Crippen molar-refractivity contribution in [2.75, 3.05) is 0 Å². The number of ether oxygens (including phenoxy) is 1. The summed E-state index contributed by atoms with van der Waals surface area (Å²) < 4.78 is 28.8. The van der Waals surface area contributed by atoms with Gasteiger partial charge in [-0.25, -0.2) is 4.98 Å². The number of alkyl halides is 2. The molecule has 0 bridgehead atoms. The molecule has 27 heavy (non-hydrogen) atoms. The SMILES string of the molecule is Cc1nc(-c2ccsc2)sc1C(=O)NNC(=O)c1cccc(OC(F)F)c1. The monoisotopic (exact) mass is 409 g/mol. The molecule has 0 fully saturated rings. The number of thiophene rings is 1. The molecule has 0 atom stereocenters. The zero-order valence-electron chi connectivity index (χ0n) is 13.9. The molecule has 0 aliphatic carbocycles. The number of rotatable bonds is 5. The molecule has 6 nitrogen and oxygen atoms in total. The van der Waals surface area contributed by atoms with Crippen molar-refractivity contribution in [3.05, 3.63) is 57.2 Å². The van der Waals surface area contributed by atoms with Crippen molar-refractivity contribution in [2.24, 2.45) is 0 Å². The first kappa shape index (κ1) is 18.9. The van der Waals surface area contributed by atoms with Crippen molar-refractivity contribution in [3.8, 4) is 16.3 Å². The number of nitrogens with one attached hydrogen (secondary N) is 2. The van der Waals surface area contributed by atoms with E-state index in [1.165, 1.54) is 40.9 Å². The van der Waals surface area contributed by atoms with E-state index < -0.39 is 18.4 Å². The maximum absolute atomic E-state index is 12.3. The first-order valence-corrected chi connectivity index (χ1v) is 9.35. The lowest BCUT2D eigenvalue weighted by atomic mass is 10.2. The Kier molecular flexibility index (Phi) is 5.77. The van der Waals surface area contributed by atoms with Crippen LogP contribution in [0.2, 0.25) is 0 Å². The van der Waals surface area contributed by atoms with E-state index in [0.29, 0.717) is 15.6 Å². The first-order valence-electron chi connectivity index (χ1n) is 7.59. The van der Waals surface area contributed by atoms with Gasteiger partial charge in [0, 0.05) is 16.5 Å². The third kappa shape index (κ3) is 4.66. The van der Waals surface area contributed by atoms with Crippen LogP contribution in [0, 0.1) is 6.92 Å². The molecule has 10 heteroatoms. The molecule has 1 aromatic carbocycles. The highest BCUT2D eigenvalue weighted by Gasteiger charge is 2.17. The summed E-state index contributed by atoms with van der Waals surface area (Å²) in [5.41, 5.74) is 6.08. The van der Waals surface area contributed by atoms with Crippen molar-refractivity contribution in [1.29, 1.82) is 0 Å². The quantitative estimate of drug-likeness (QED) is 0.627. The predicted octanol–water partition coefficient (Wildman–Crippen LogP) is 3.86. The first-order chi connectivity index (χ1) is 12.9. The number of carbonyl (C=O) groups excluding carboxylic acids is 2. The molecule has 3 rings (SSSR count). The number of nitrogens with zero attached hydrogens (tertiary/aromatic N) is 1. The number of benzene rings is 1. The Bertz CT molecular complexity index is 958. The summed E-state index contributed by atoms with van der Waals surface area (Å²) in [7, 11) is 0. The highest BCUT2D eigenvalue weighted by molar-refractivity contribution is 7.17. The minimum absolute atomic E-state index is 0.0634. The molecular formula is C17H13F2N3O3S2. The van der Waals surface area contributed by atoms with Crippen molar-refractivity contribution >= 4 is 34.5 Å². The minimum atomic E-state index is -2.99. The molecule has 0 aliphatic rings. The van der Waals surface area contributed by atoms with E-state index >= 15 is 0 Å². The zero-order chi connectivity index (χ0) is 19.4. The van der Waals surface area contributed by atoms with Gasteiger partial charge < -0.3 is 4.74 Å². The van der Waals surface area contributed by atoms with Crippen LogP contribution in [0.25, 0.3) is 10.6 Å². The Balaban J connectivity index is 1.65. The number of hydrogen-bond acceptors (Lipinski definition) is 6. The van der Waals surface area contributed by atoms with Crippen LogP contribution in [0.5, 0.6) is 5.75 Å². The van der Waals surface area contributed by atoms with Crippen LogP contribution in [0.15, 0.2) is 41.1 Å². The van der Waals surface area contributed by atoms with Gasteiger partial charge in [0.2, 0.25) is 0 Å². The molecule has 2 heterocycles. The average Bonchev–Trinajstić information content (AvgIpc) is 3.28. The Hall–Kier alpha value is -2.85. The Morgan fingerprint density at radius 2 is 1.96 bits per heavy atom. The third-order valence-electron chi connectivity index (χ3n) is 3.38. The van der Waals surface area contributed by atoms with Crippen molar-refractivity contribution in [3.63, 3.8) is 0 Å². The number of hydrogen-bond donors (Lipinski definition) is 2. The fourth-order valence-corrected chi connectivity index (χ4v) is 3.85. The predicted molar refractivity (Wildman–Crippen MR) is 98.2 cm³/mol. The normalized spacial score (nSPS) is 10.7. The number of carbonyl (C=O) groups is 2. The Labute approximate surface area is 160 Å². The van der Waals surface area contributed by atoms with E-state index in [-0.39, 0.29) is 11.3 Å². The number of aryl methyl sites for hydroxylation is 1. The lowest BCUT2D eigenvalue weighted by Crippen LogP contribution is -2.41. The number of thiazole rings is 1. The van der Waals surface area contributed by atoms with Gasteiger partial charge in [-0.2, -0.15) is 20.1 Å². The van der Waals surface area contributed by atoms with Gasteiger partial charge in [0.25, 0.3) is 11.8 Å². The molecule has 2 N–H and O–H groups in total. The Morgan fingerprint density at radius 3 is 2.67 bits per heavy atom. The molecule has 2 aromatic heterocycles. The maximum atomic E-state index is 12.3. The van der Waals surface area contributed by atoms with Crippen LogP contribution < -0.4 is 15.6 Å². The second kappa shape index (κ2) is 8.23. The summed E-state index contributed by atoms with van der Waals surface area (Å²) in [6, 6.07) is 7.16. The molecule has 0 saturated heterocycles. The largest absolute Gasteiger partial charge is 0.435 e. The van der Waals surface area contributed by atoms with Gasteiger partial charge in [0.15, 0.2) is 0 Å². The Morgan fingerprint density at radius 1 is 1.19 bits per heavy atom. The third-order valence-corrected chi connectivity index (χ3v) is 5.27. The van der Waals surface area contributed by atoms with Crippen molar-refractivity contribution < 1.29 is 23.1 Å². The molecule has 2 amide bonds. The van der Waals surface area contributed by atoms with E-state index in [2.05, 4.69) is 20.6 Å². The number of hydrazine groups is 1. The molecule has 0 unspecified atom stereocenters. The van der Waals surface area contributed by atoms with Crippen molar-refractivity contribution in [1.82, 2.24) is 15.8 Å². The molecule has 140 valence electrons. The highest BCUT2D eigenvalue weighted by atomic mass is 32.1. The van der Waals surface area contributed by atoms with Crippen LogP contribution in [-0.2, 0) is 0 Å². The van der Waals surface area contributed by atoms with Gasteiger partial charge in [-0.05, 0) is 36.6 Å². The number of halogens is 2. The lowest BCUT2D eigenvalue weighted by molar-refractivity contribution is -0.0498. The molecule has 0 aliphatic heterocycles. The van der Waals surface area contributed by atoms with E-state index in [0.717, 1.165) is 11.6 Å². The second-order valence-corrected chi connectivity index (χ2v) is 7.04. The van der Waals surface area contributed by atoms with E-state index in [1.54, 1.807) is 6.92 Å². The van der Waals surface area contributed by atoms with Crippen LogP contribution in [-0.4, -0.2) is 23.4 Å². The van der Waals surface area contributed by atoms with Crippen molar-refractivity contribution in [2.45, 2.75) is 13.5 Å². The molecule has 0 spiro atoms. The topological polar surface area (TPSA) is 80.3 Å². The summed E-state index contributed by atoms with van der Waals surface area (Å²) in [6.07, 6.45) is 0. The maximum Gasteiger partial charge on any atom is 0.387 e. The van der Waals surface area contributed by atoms with Gasteiger partial charge >= 0.3 is 6.61 Å².